The lowest BCUT2D eigenvalue weighted by molar-refractivity contribution is -0.136. The molecule has 1 fully saturated rings. The zero-order chi connectivity index (χ0) is 20.5. The maximum Gasteiger partial charge on any atom is 0.355 e. The molecule has 0 aliphatic carbocycles. The molecule has 29 heavy (non-hydrogen) atoms. The van der Waals surface area contributed by atoms with Crippen LogP contribution in [0.2, 0.25) is 0 Å². The number of fused-ring (bicyclic) bond motifs is 1. The molecule has 148 valence electrons. The number of amides is 2. The number of hydrogen-bond donors (Lipinski definition) is 0. The molecule has 2 aliphatic rings. The number of esters is 1. The van der Waals surface area contributed by atoms with Gasteiger partial charge in [-0.05, 0) is 31.2 Å². The van der Waals surface area contributed by atoms with Gasteiger partial charge in [-0.3, -0.25) is 14.6 Å². The minimum absolute atomic E-state index is 0.0727. The Morgan fingerprint density at radius 1 is 1.03 bits per heavy atom. The molecule has 2 atom stereocenters. The second kappa shape index (κ2) is 7.38. The number of hydrogen-bond acceptors (Lipinski definition) is 7. The van der Waals surface area contributed by atoms with Crippen LogP contribution in [0.1, 0.15) is 6.92 Å². The lowest BCUT2D eigenvalue weighted by Gasteiger charge is -2.22. The van der Waals surface area contributed by atoms with Gasteiger partial charge >= 0.3 is 5.97 Å². The van der Waals surface area contributed by atoms with Crippen molar-refractivity contribution in [1.29, 1.82) is 0 Å². The normalized spacial score (nSPS) is 20.6. The van der Waals surface area contributed by atoms with Crippen LogP contribution in [0, 0.1) is 5.92 Å². The van der Waals surface area contributed by atoms with E-state index in [-0.39, 0.29) is 12.3 Å². The SMILES string of the molecule is CCOC(=O)C1=NN(c2ccccc2)[C@@H]2C(=O)N(c3ccccc3OC)C(=O)[C@@H]12. The Balaban J connectivity index is 1.81. The van der Waals surface area contributed by atoms with Gasteiger partial charge in [0.05, 0.1) is 25.1 Å². The second-order valence-electron chi connectivity index (χ2n) is 6.49. The van der Waals surface area contributed by atoms with E-state index >= 15 is 0 Å². The van der Waals surface area contributed by atoms with Gasteiger partial charge in [0.2, 0.25) is 5.91 Å². The highest BCUT2D eigenvalue weighted by Crippen LogP contribution is 2.40. The molecule has 0 N–H and O–H groups in total. The van der Waals surface area contributed by atoms with Crippen LogP contribution in [0.4, 0.5) is 11.4 Å². The molecule has 0 aromatic heterocycles. The first-order valence-corrected chi connectivity index (χ1v) is 9.19. The van der Waals surface area contributed by atoms with Gasteiger partial charge < -0.3 is 9.47 Å². The van der Waals surface area contributed by atoms with Crippen molar-refractivity contribution in [1.82, 2.24) is 0 Å². The molecular weight excluding hydrogens is 374 g/mol. The van der Waals surface area contributed by atoms with E-state index in [1.165, 1.54) is 12.1 Å². The summed E-state index contributed by atoms with van der Waals surface area (Å²) < 4.78 is 10.4. The summed E-state index contributed by atoms with van der Waals surface area (Å²) in [5.74, 6) is -2.38. The van der Waals surface area contributed by atoms with Crippen LogP contribution in [0.15, 0.2) is 59.7 Å². The van der Waals surface area contributed by atoms with Crippen LogP contribution in [-0.2, 0) is 19.1 Å². The van der Waals surface area contributed by atoms with Crippen molar-refractivity contribution in [3.63, 3.8) is 0 Å². The number of ether oxygens (including phenoxy) is 2. The predicted octanol–water partition coefficient (Wildman–Crippen LogP) is 1.99. The van der Waals surface area contributed by atoms with Crippen molar-refractivity contribution in [3.05, 3.63) is 54.6 Å². The van der Waals surface area contributed by atoms with Crippen LogP contribution in [0.3, 0.4) is 0 Å². The standard InChI is InChI=1S/C21H19N3O5/c1-3-29-21(27)17-16-18(24(22-17)13-9-5-4-6-10-13)20(26)23(19(16)25)14-11-7-8-12-15(14)28-2/h4-12,16,18H,3H2,1-2H3/t16-,18-/m0/s1. The van der Waals surface area contributed by atoms with Gasteiger partial charge in [-0.25, -0.2) is 9.69 Å². The van der Waals surface area contributed by atoms with E-state index in [0.29, 0.717) is 17.1 Å². The van der Waals surface area contributed by atoms with E-state index in [0.717, 1.165) is 4.90 Å². The number of benzene rings is 2. The molecule has 2 aliphatic heterocycles. The van der Waals surface area contributed by atoms with E-state index in [9.17, 15) is 14.4 Å². The number of imide groups is 1. The molecule has 2 amide bonds. The first-order valence-electron chi connectivity index (χ1n) is 9.19. The smallest absolute Gasteiger partial charge is 0.355 e. The fourth-order valence-electron chi connectivity index (χ4n) is 3.63. The highest BCUT2D eigenvalue weighted by molar-refractivity contribution is 6.47. The third-order valence-corrected chi connectivity index (χ3v) is 4.88. The summed E-state index contributed by atoms with van der Waals surface area (Å²) in [4.78, 5) is 40.2. The van der Waals surface area contributed by atoms with E-state index in [4.69, 9.17) is 9.47 Å². The Morgan fingerprint density at radius 2 is 1.72 bits per heavy atom. The van der Waals surface area contributed by atoms with Crippen LogP contribution >= 0.6 is 0 Å². The summed E-state index contributed by atoms with van der Waals surface area (Å²) in [6, 6.07) is 14.7. The van der Waals surface area contributed by atoms with Gasteiger partial charge in [-0.2, -0.15) is 5.10 Å². The average molecular weight is 393 g/mol. The lowest BCUT2D eigenvalue weighted by atomic mass is 9.98. The van der Waals surface area contributed by atoms with E-state index in [1.54, 1.807) is 55.5 Å². The zero-order valence-corrected chi connectivity index (χ0v) is 15.9. The molecular formula is C21H19N3O5. The highest BCUT2D eigenvalue weighted by atomic mass is 16.5. The predicted molar refractivity (Wildman–Crippen MR) is 106 cm³/mol. The first kappa shape index (κ1) is 18.7. The van der Waals surface area contributed by atoms with E-state index in [2.05, 4.69) is 5.10 Å². The van der Waals surface area contributed by atoms with Crippen molar-refractivity contribution in [2.45, 2.75) is 13.0 Å². The van der Waals surface area contributed by atoms with Crippen molar-refractivity contribution in [2.75, 3.05) is 23.6 Å². The van der Waals surface area contributed by atoms with E-state index < -0.39 is 29.7 Å². The number of carbonyl (C=O) groups excluding carboxylic acids is 3. The Bertz CT molecular complexity index is 1000. The highest BCUT2D eigenvalue weighted by Gasteiger charge is 2.59. The molecule has 2 heterocycles. The number of para-hydroxylation sites is 3. The van der Waals surface area contributed by atoms with Crippen molar-refractivity contribution in [3.8, 4) is 5.75 Å². The van der Waals surface area contributed by atoms with Gasteiger partial charge in [-0.15, -0.1) is 0 Å². The first-order chi connectivity index (χ1) is 14.1. The maximum absolute atomic E-state index is 13.4. The largest absolute Gasteiger partial charge is 0.495 e. The van der Waals surface area contributed by atoms with Crippen LogP contribution in [-0.4, -0.2) is 43.3 Å². The molecule has 2 aromatic rings. The quantitative estimate of drug-likeness (QED) is 0.570. The molecule has 0 unspecified atom stereocenters. The maximum atomic E-state index is 13.4. The van der Waals surface area contributed by atoms with Crippen LogP contribution in [0.5, 0.6) is 5.75 Å². The topological polar surface area (TPSA) is 88.5 Å². The summed E-state index contributed by atoms with van der Waals surface area (Å²) in [7, 11) is 1.46. The Morgan fingerprint density at radius 3 is 2.41 bits per heavy atom. The third kappa shape index (κ3) is 2.93. The van der Waals surface area contributed by atoms with E-state index in [1.807, 2.05) is 6.07 Å². The second-order valence-corrected chi connectivity index (χ2v) is 6.49. The number of anilines is 2. The average Bonchev–Trinajstić information content (AvgIpc) is 3.26. The van der Waals surface area contributed by atoms with Gasteiger partial charge in [0.25, 0.3) is 5.91 Å². The van der Waals surface area contributed by atoms with Crippen molar-refractivity contribution >= 4 is 34.9 Å². The molecule has 0 bridgehead atoms. The zero-order valence-electron chi connectivity index (χ0n) is 15.9. The molecule has 0 radical (unpaired) electrons. The molecule has 4 rings (SSSR count). The third-order valence-electron chi connectivity index (χ3n) is 4.88. The monoisotopic (exact) mass is 393 g/mol. The minimum Gasteiger partial charge on any atom is -0.495 e. The summed E-state index contributed by atoms with van der Waals surface area (Å²) in [6.07, 6.45) is 0. The fraction of sp³-hybridized carbons (Fsp3) is 0.238. The van der Waals surface area contributed by atoms with Gasteiger partial charge in [0, 0.05) is 0 Å². The summed E-state index contributed by atoms with van der Waals surface area (Å²) >= 11 is 0. The summed E-state index contributed by atoms with van der Waals surface area (Å²) in [5, 5.41) is 5.73. The Kier molecular flexibility index (Phi) is 4.75. The lowest BCUT2D eigenvalue weighted by Crippen LogP contribution is -2.39. The fourth-order valence-corrected chi connectivity index (χ4v) is 3.63. The van der Waals surface area contributed by atoms with Crippen LogP contribution < -0.4 is 14.6 Å². The summed E-state index contributed by atoms with van der Waals surface area (Å²) in [5.41, 5.74) is 0.858. The molecule has 1 saturated heterocycles. The molecule has 8 nitrogen and oxygen atoms in total. The number of methoxy groups -OCH3 is 1. The Hall–Kier alpha value is -3.68. The van der Waals surface area contributed by atoms with Crippen molar-refractivity contribution < 1.29 is 23.9 Å². The molecule has 0 spiro atoms. The number of carbonyl (C=O) groups is 3. The minimum atomic E-state index is -1.05. The Labute approximate surface area is 167 Å². The summed E-state index contributed by atoms with van der Waals surface area (Å²) in [6.45, 7) is 1.81. The van der Waals surface area contributed by atoms with Gasteiger partial charge in [-0.1, -0.05) is 30.3 Å². The van der Waals surface area contributed by atoms with Crippen molar-refractivity contribution in [2.24, 2.45) is 11.0 Å². The molecule has 0 saturated carbocycles. The van der Waals surface area contributed by atoms with Gasteiger partial charge in [0.15, 0.2) is 5.71 Å². The van der Waals surface area contributed by atoms with Gasteiger partial charge in [0.1, 0.15) is 17.7 Å². The molecule has 2 aromatic carbocycles. The molecule has 8 heteroatoms. The number of rotatable bonds is 5. The number of nitrogens with zero attached hydrogens (tertiary/aromatic N) is 3. The number of hydrazone groups is 1. The van der Waals surface area contributed by atoms with Crippen LogP contribution in [0.25, 0.3) is 0 Å².